The van der Waals surface area contributed by atoms with Crippen molar-refractivity contribution < 1.29 is 4.39 Å². The van der Waals surface area contributed by atoms with Gasteiger partial charge in [0, 0.05) is 0 Å². The molecule has 2 aromatic rings. The van der Waals surface area contributed by atoms with Gasteiger partial charge in [-0.25, -0.2) is 0 Å². The van der Waals surface area contributed by atoms with Gasteiger partial charge in [-0.05, 0) is 104 Å². The number of hydrogen-bond donors (Lipinski definition) is 0. The standard InChI is InChI=1S/C32H45F/c1-2-6-25-8-12-27(13-9-25)29-16-20-31(21-17-29)32-22-18-30(19-23-32)28-14-10-26(11-15-28)7-4-3-5-24-33/h10-11,14-15,18-19,22-23,25,27,29,31H,2-9,12-13,16-17,20-21,24H2,1H3/t25-,27-,29-,31-. The first-order valence-electron chi connectivity index (χ1n) is 14.0. The first-order valence-corrected chi connectivity index (χ1v) is 14.0. The summed E-state index contributed by atoms with van der Waals surface area (Å²) in [5, 5.41) is 0. The summed E-state index contributed by atoms with van der Waals surface area (Å²) in [7, 11) is 0. The van der Waals surface area contributed by atoms with E-state index in [0.29, 0.717) is 6.42 Å². The van der Waals surface area contributed by atoms with E-state index in [1.807, 2.05) is 0 Å². The average molecular weight is 449 g/mol. The molecule has 0 heterocycles. The third-order valence-electron chi connectivity index (χ3n) is 8.80. The van der Waals surface area contributed by atoms with Crippen LogP contribution in [0.15, 0.2) is 48.5 Å². The van der Waals surface area contributed by atoms with Crippen molar-refractivity contribution in [2.45, 2.75) is 103 Å². The van der Waals surface area contributed by atoms with Crippen LogP contribution in [0.2, 0.25) is 0 Å². The fourth-order valence-electron chi connectivity index (χ4n) is 6.69. The Labute approximate surface area is 202 Å². The van der Waals surface area contributed by atoms with Gasteiger partial charge >= 0.3 is 0 Å². The summed E-state index contributed by atoms with van der Waals surface area (Å²) in [6.07, 6.45) is 18.3. The van der Waals surface area contributed by atoms with Crippen LogP contribution in [-0.4, -0.2) is 6.67 Å². The third-order valence-corrected chi connectivity index (χ3v) is 8.80. The minimum atomic E-state index is -0.184. The van der Waals surface area contributed by atoms with Crippen LogP contribution in [0.3, 0.4) is 0 Å². The highest BCUT2D eigenvalue weighted by Crippen LogP contribution is 2.44. The number of alkyl halides is 1. The molecule has 0 nitrogen and oxygen atoms in total. The van der Waals surface area contributed by atoms with E-state index in [4.69, 9.17) is 0 Å². The Bertz CT molecular complexity index is 789. The summed E-state index contributed by atoms with van der Waals surface area (Å²) in [5.41, 5.74) is 5.54. The maximum absolute atomic E-state index is 12.2. The molecule has 0 atom stereocenters. The Morgan fingerprint density at radius 3 is 1.82 bits per heavy atom. The smallest absolute Gasteiger partial charge is 0.0894 e. The molecule has 2 aliphatic rings. The SMILES string of the molecule is CCC[C@H]1CC[C@H]([C@H]2CC[C@H](c3ccc(-c4ccc(CCCCCF)cc4)cc3)CC2)CC1. The van der Waals surface area contributed by atoms with E-state index in [1.54, 1.807) is 5.56 Å². The molecule has 2 aromatic carbocycles. The topological polar surface area (TPSA) is 0 Å². The molecule has 0 radical (unpaired) electrons. The molecule has 33 heavy (non-hydrogen) atoms. The van der Waals surface area contributed by atoms with Gasteiger partial charge in [0.05, 0.1) is 6.67 Å². The lowest BCUT2D eigenvalue weighted by Gasteiger charge is -2.38. The van der Waals surface area contributed by atoms with E-state index >= 15 is 0 Å². The highest BCUT2D eigenvalue weighted by molar-refractivity contribution is 5.64. The van der Waals surface area contributed by atoms with Crippen molar-refractivity contribution in [3.63, 3.8) is 0 Å². The highest BCUT2D eigenvalue weighted by atomic mass is 19.1. The Balaban J connectivity index is 1.24. The van der Waals surface area contributed by atoms with E-state index in [9.17, 15) is 4.39 Å². The molecule has 180 valence electrons. The van der Waals surface area contributed by atoms with E-state index in [2.05, 4.69) is 55.5 Å². The van der Waals surface area contributed by atoms with Crippen molar-refractivity contribution in [2.75, 3.05) is 6.67 Å². The van der Waals surface area contributed by atoms with Gasteiger partial charge in [0.25, 0.3) is 0 Å². The van der Waals surface area contributed by atoms with Crippen molar-refractivity contribution in [3.05, 3.63) is 59.7 Å². The molecule has 0 aliphatic heterocycles. The lowest BCUT2D eigenvalue weighted by molar-refractivity contribution is 0.156. The van der Waals surface area contributed by atoms with Crippen molar-refractivity contribution in [2.24, 2.45) is 17.8 Å². The molecule has 0 aromatic heterocycles. The first kappa shape index (κ1) is 24.5. The van der Waals surface area contributed by atoms with Gasteiger partial charge in [-0.1, -0.05) is 87.6 Å². The largest absolute Gasteiger partial charge is 0.251 e. The van der Waals surface area contributed by atoms with E-state index in [0.717, 1.165) is 42.9 Å². The Morgan fingerprint density at radius 2 is 1.24 bits per heavy atom. The molecule has 0 bridgehead atoms. The van der Waals surface area contributed by atoms with Gasteiger partial charge in [0.2, 0.25) is 0 Å². The predicted octanol–water partition coefficient (Wildman–Crippen LogP) is 9.92. The number of aryl methyl sites for hydroxylation is 1. The molecule has 1 heteroatoms. The number of halogens is 1. The quantitative estimate of drug-likeness (QED) is 0.317. The molecular weight excluding hydrogens is 403 g/mol. The summed E-state index contributed by atoms with van der Waals surface area (Å²) in [6.45, 7) is 2.16. The van der Waals surface area contributed by atoms with Gasteiger partial charge in [0.15, 0.2) is 0 Å². The van der Waals surface area contributed by atoms with Gasteiger partial charge < -0.3 is 0 Å². The van der Waals surface area contributed by atoms with Gasteiger partial charge in [-0.15, -0.1) is 0 Å². The van der Waals surface area contributed by atoms with Crippen LogP contribution in [0.1, 0.15) is 107 Å². The van der Waals surface area contributed by atoms with Crippen molar-refractivity contribution in [1.29, 1.82) is 0 Å². The zero-order valence-electron chi connectivity index (χ0n) is 20.9. The molecule has 0 N–H and O–H groups in total. The minimum absolute atomic E-state index is 0.184. The predicted molar refractivity (Wildman–Crippen MR) is 140 cm³/mol. The molecule has 0 amide bonds. The maximum Gasteiger partial charge on any atom is 0.0894 e. The Hall–Kier alpha value is -1.63. The fourth-order valence-corrected chi connectivity index (χ4v) is 6.69. The summed E-state index contributed by atoms with van der Waals surface area (Å²) < 4.78 is 12.2. The van der Waals surface area contributed by atoms with Crippen LogP contribution < -0.4 is 0 Å². The zero-order chi connectivity index (χ0) is 22.9. The number of benzene rings is 2. The molecule has 0 spiro atoms. The van der Waals surface area contributed by atoms with Crippen LogP contribution >= 0.6 is 0 Å². The van der Waals surface area contributed by atoms with Gasteiger partial charge in [0.1, 0.15) is 0 Å². The Kier molecular flexibility index (Phi) is 9.45. The third kappa shape index (κ3) is 6.93. The highest BCUT2D eigenvalue weighted by Gasteiger charge is 2.31. The molecule has 4 rings (SSSR count). The second-order valence-electron chi connectivity index (χ2n) is 11.0. The van der Waals surface area contributed by atoms with Gasteiger partial charge in [-0.2, -0.15) is 0 Å². The monoisotopic (exact) mass is 448 g/mol. The number of hydrogen-bond acceptors (Lipinski definition) is 0. The minimum Gasteiger partial charge on any atom is -0.251 e. The molecule has 2 saturated carbocycles. The first-order chi connectivity index (χ1) is 16.3. The fraction of sp³-hybridized carbons (Fsp3) is 0.625. The van der Waals surface area contributed by atoms with E-state index in [-0.39, 0.29) is 6.67 Å². The van der Waals surface area contributed by atoms with Crippen molar-refractivity contribution in [1.82, 2.24) is 0 Å². The molecule has 2 fully saturated rings. The van der Waals surface area contributed by atoms with Crippen LogP contribution in [0.4, 0.5) is 4.39 Å². The molecular formula is C32H45F. The van der Waals surface area contributed by atoms with Gasteiger partial charge in [-0.3, -0.25) is 4.39 Å². The Morgan fingerprint density at radius 1 is 0.667 bits per heavy atom. The van der Waals surface area contributed by atoms with Crippen LogP contribution in [-0.2, 0) is 6.42 Å². The number of unbranched alkanes of at least 4 members (excludes halogenated alkanes) is 2. The van der Waals surface area contributed by atoms with Crippen molar-refractivity contribution in [3.8, 4) is 11.1 Å². The summed E-state index contributed by atoms with van der Waals surface area (Å²) in [4.78, 5) is 0. The lowest BCUT2D eigenvalue weighted by atomic mass is 9.68. The van der Waals surface area contributed by atoms with Crippen LogP contribution in [0.5, 0.6) is 0 Å². The molecule has 0 unspecified atom stereocenters. The molecule has 2 aliphatic carbocycles. The number of rotatable bonds is 10. The summed E-state index contributed by atoms with van der Waals surface area (Å²) in [5.74, 6) is 3.81. The zero-order valence-corrected chi connectivity index (χ0v) is 20.9. The van der Waals surface area contributed by atoms with Crippen LogP contribution in [0.25, 0.3) is 11.1 Å². The lowest BCUT2D eigenvalue weighted by Crippen LogP contribution is -2.25. The van der Waals surface area contributed by atoms with E-state index in [1.165, 1.54) is 80.9 Å². The average Bonchev–Trinajstić information content (AvgIpc) is 2.88. The summed E-state index contributed by atoms with van der Waals surface area (Å²) >= 11 is 0. The molecule has 0 saturated heterocycles. The normalized spacial score (nSPS) is 25.8. The second-order valence-corrected chi connectivity index (χ2v) is 11.0. The second kappa shape index (κ2) is 12.7. The van der Waals surface area contributed by atoms with E-state index < -0.39 is 0 Å². The maximum atomic E-state index is 12.2. The van der Waals surface area contributed by atoms with Crippen molar-refractivity contribution >= 4 is 0 Å². The van der Waals surface area contributed by atoms with Crippen LogP contribution in [0, 0.1) is 17.8 Å². The summed E-state index contributed by atoms with van der Waals surface area (Å²) in [6, 6.07) is 18.4.